The monoisotopic (exact) mass is 292 g/mol. The van der Waals surface area contributed by atoms with Crippen molar-refractivity contribution >= 4 is 11.7 Å². The van der Waals surface area contributed by atoms with E-state index in [4.69, 9.17) is 9.84 Å². The largest absolute Gasteiger partial charge is 0.491 e. The van der Waals surface area contributed by atoms with Gasteiger partial charge in [0.15, 0.2) is 0 Å². The Morgan fingerprint density at radius 1 is 1.52 bits per heavy atom. The number of ether oxygens (including phenoxy) is 1. The Hall–Kier alpha value is -1.75. The molecule has 0 aliphatic carbocycles. The second-order valence-electron chi connectivity index (χ2n) is 5.86. The van der Waals surface area contributed by atoms with Gasteiger partial charge in [0.05, 0.1) is 6.10 Å². The fourth-order valence-corrected chi connectivity index (χ4v) is 2.48. The number of hydrogen-bond donors (Lipinski definition) is 2. The van der Waals surface area contributed by atoms with E-state index >= 15 is 0 Å². The molecule has 2 amide bonds. The van der Waals surface area contributed by atoms with E-state index in [-0.39, 0.29) is 24.7 Å². The Labute approximate surface area is 125 Å². The van der Waals surface area contributed by atoms with Crippen LogP contribution in [0.2, 0.25) is 0 Å². The summed E-state index contributed by atoms with van der Waals surface area (Å²) in [6.07, 6.45) is 0.994. The van der Waals surface area contributed by atoms with Crippen molar-refractivity contribution in [3.05, 3.63) is 23.8 Å². The molecule has 1 atom stereocenters. The van der Waals surface area contributed by atoms with Crippen molar-refractivity contribution in [3.63, 3.8) is 0 Å². The van der Waals surface area contributed by atoms with Crippen molar-refractivity contribution in [1.29, 1.82) is 0 Å². The molecule has 1 aromatic carbocycles. The zero-order valence-electron chi connectivity index (χ0n) is 12.9. The van der Waals surface area contributed by atoms with Crippen LogP contribution in [0.1, 0.15) is 25.8 Å². The Morgan fingerprint density at radius 3 is 2.86 bits per heavy atom. The van der Waals surface area contributed by atoms with Gasteiger partial charge in [-0.05, 0) is 51.0 Å². The molecule has 1 unspecified atom stereocenters. The number of hydrogen-bond acceptors (Lipinski definition) is 3. The third kappa shape index (κ3) is 4.11. The summed E-state index contributed by atoms with van der Waals surface area (Å²) in [5.41, 5.74) is 1.76. The average Bonchev–Trinajstić information content (AvgIpc) is 2.90. The predicted octanol–water partition coefficient (Wildman–Crippen LogP) is 2.63. The molecule has 1 aliphatic rings. The van der Waals surface area contributed by atoms with Crippen molar-refractivity contribution in [2.45, 2.75) is 33.3 Å². The number of aliphatic hydroxyl groups excluding tert-OH is 1. The van der Waals surface area contributed by atoms with E-state index in [0.29, 0.717) is 13.1 Å². The van der Waals surface area contributed by atoms with E-state index in [1.807, 2.05) is 39.0 Å². The van der Waals surface area contributed by atoms with Gasteiger partial charge in [-0.1, -0.05) is 0 Å². The maximum atomic E-state index is 12.2. The second kappa shape index (κ2) is 6.80. The summed E-state index contributed by atoms with van der Waals surface area (Å²) in [6.45, 7) is 7.40. The Kier molecular flexibility index (Phi) is 5.07. The van der Waals surface area contributed by atoms with Crippen LogP contribution in [-0.4, -0.2) is 41.8 Å². The molecule has 2 N–H and O–H groups in total. The number of likely N-dealkylation sites (tertiary alicyclic amines) is 1. The second-order valence-corrected chi connectivity index (χ2v) is 5.86. The van der Waals surface area contributed by atoms with Crippen molar-refractivity contribution in [3.8, 4) is 5.75 Å². The lowest BCUT2D eigenvalue weighted by molar-refractivity contribution is 0.208. The van der Waals surface area contributed by atoms with Crippen LogP contribution in [0.3, 0.4) is 0 Å². The number of benzene rings is 1. The van der Waals surface area contributed by atoms with Crippen LogP contribution in [0, 0.1) is 12.8 Å². The third-order valence-electron chi connectivity index (χ3n) is 3.62. The van der Waals surface area contributed by atoms with Gasteiger partial charge in [-0.3, -0.25) is 0 Å². The summed E-state index contributed by atoms with van der Waals surface area (Å²) in [7, 11) is 0. The van der Waals surface area contributed by atoms with Crippen molar-refractivity contribution in [1.82, 2.24) is 4.90 Å². The molecule has 0 saturated carbocycles. The summed E-state index contributed by atoms with van der Waals surface area (Å²) >= 11 is 0. The quantitative estimate of drug-likeness (QED) is 0.896. The van der Waals surface area contributed by atoms with Gasteiger partial charge in [0.25, 0.3) is 0 Å². The van der Waals surface area contributed by atoms with Crippen LogP contribution in [-0.2, 0) is 0 Å². The standard InChI is InChI=1S/C16H24N2O3/c1-11(2)21-15-5-4-14(8-12(15)3)17-16(20)18-7-6-13(9-18)10-19/h4-5,8,11,13,19H,6-7,9-10H2,1-3H3,(H,17,20). The minimum atomic E-state index is -0.108. The molecule has 0 bridgehead atoms. The lowest BCUT2D eigenvalue weighted by Gasteiger charge is -2.18. The van der Waals surface area contributed by atoms with Gasteiger partial charge in [-0.25, -0.2) is 4.79 Å². The van der Waals surface area contributed by atoms with Gasteiger partial charge < -0.3 is 20.1 Å². The molecule has 1 aliphatic heterocycles. The highest BCUT2D eigenvalue weighted by Crippen LogP contribution is 2.24. The van der Waals surface area contributed by atoms with E-state index in [2.05, 4.69) is 5.32 Å². The molecule has 0 spiro atoms. The Balaban J connectivity index is 1.97. The Bertz CT molecular complexity index is 502. The highest BCUT2D eigenvalue weighted by Gasteiger charge is 2.25. The number of aliphatic hydroxyl groups is 1. The predicted molar refractivity (Wildman–Crippen MR) is 82.7 cm³/mol. The minimum absolute atomic E-state index is 0.108. The van der Waals surface area contributed by atoms with Gasteiger partial charge in [-0.2, -0.15) is 0 Å². The fourth-order valence-electron chi connectivity index (χ4n) is 2.48. The molecule has 21 heavy (non-hydrogen) atoms. The highest BCUT2D eigenvalue weighted by molar-refractivity contribution is 5.89. The van der Waals surface area contributed by atoms with Gasteiger partial charge >= 0.3 is 6.03 Å². The maximum absolute atomic E-state index is 12.2. The maximum Gasteiger partial charge on any atom is 0.321 e. The number of nitrogens with one attached hydrogen (secondary N) is 1. The number of urea groups is 1. The van der Waals surface area contributed by atoms with E-state index in [9.17, 15) is 4.79 Å². The van der Waals surface area contributed by atoms with Crippen LogP contribution in [0.5, 0.6) is 5.75 Å². The van der Waals surface area contributed by atoms with E-state index in [0.717, 1.165) is 23.4 Å². The zero-order chi connectivity index (χ0) is 15.4. The number of nitrogens with zero attached hydrogens (tertiary/aromatic N) is 1. The number of anilines is 1. The van der Waals surface area contributed by atoms with E-state index in [1.165, 1.54) is 0 Å². The first-order valence-electron chi connectivity index (χ1n) is 7.43. The fraction of sp³-hybridized carbons (Fsp3) is 0.562. The zero-order valence-corrected chi connectivity index (χ0v) is 12.9. The van der Waals surface area contributed by atoms with E-state index < -0.39 is 0 Å². The van der Waals surface area contributed by atoms with Gasteiger partial charge in [0, 0.05) is 31.3 Å². The lowest BCUT2D eigenvalue weighted by Crippen LogP contribution is -2.33. The number of carbonyl (C=O) groups excluding carboxylic acids is 1. The smallest absolute Gasteiger partial charge is 0.321 e. The molecule has 0 aromatic heterocycles. The molecule has 1 aromatic rings. The molecule has 5 nitrogen and oxygen atoms in total. The topological polar surface area (TPSA) is 61.8 Å². The average molecular weight is 292 g/mol. The summed E-state index contributed by atoms with van der Waals surface area (Å²) in [5, 5.41) is 12.0. The highest BCUT2D eigenvalue weighted by atomic mass is 16.5. The van der Waals surface area contributed by atoms with Gasteiger partial charge in [0.2, 0.25) is 0 Å². The number of rotatable bonds is 4. The Morgan fingerprint density at radius 2 is 2.29 bits per heavy atom. The first-order valence-corrected chi connectivity index (χ1v) is 7.43. The molecule has 1 fully saturated rings. The van der Waals surface area contributed by atoms with Crippen molar-refractivity contribution < 1.29 is 14.6 Å². The molecule has 5 heteroatoms. The van der Waals surface area contributed by atoms with Gasteiger partial charge in [-0.15, -0.1) is 0 Å². The first kappa shape index (κ1) is 15.6. The number of carbonyl (C=O) groups is 1. The summed E-state index contributed by atoms with van der Waals surface area (Å²) in [6, 6.07) is 5.53. The summed E-state index contributed by atoms with van der Waals surface area (Å²) in [5.74, 6) is 1.05. The molecular formula is C16H24N2O3. The van der Waals surface area contributed by atoms with Crippen LogP contribution < -0.4 is 10.1 Å². The van der Waals surface area contributed by atoms with Gasteiger partial charge in [0.1, 0.15) is 5.75 Å². The number of amides is 2. The van der Waals surface area contributed by atoms with Crippen LogP contribution >= 0.6 is 0 Å². The molecule has 1 heterocycles. The van der Waals surface area contributed by atoms with E-state index in [1.54, 1.807) is 4.90 Å². The number of aryl methyl sites for hydroxylation is 1. The molecule has 116 valence electrons. The molecular weight excluding hydrogens is 268 g/mol. The van der Waals surface area contributed by atoms with Crippen LogP contribution in [0.15, 0.2) is 18.2 Å². The summed E-state index contributed by atoms with van der Waals surface area (Å²) in [4.78, 5) is 13.9. The third-order valence-corrected chi connectivity index (χ3v) is 3.62. The molecule has 2 rings (SSSR count). The SMILES string of the molecule is Cc1cc(NC(=O)N2CCC(CO)C2)ccc1OC(C)C. The van der Waals surface area contributed by atoms with Crippen molar-refractivity contribution in [2.24, 2.45) is 5.92 Å². The van der Waals surface area contributed by atoms with Crippen LogP contribution in [0.4, 0.5) is 10.5 Å². The summed E-state index contributed by atoms with van der Waals surface area (Å²) < 4.78 is 5.68. The lowest BCUT2D eigenvalue weighted by atomic mass is 10.1. The molecule has 1 saturated heterocycles. The normalized spacial score (nSPS) is 18.1. The van der Waals surface area contributed by atoms with Crippen molar-refractivity contribution in [2.75, 3.05) is 25.0 Å². The first-order chi connectivity index (χ1) is 9.99. The molecule has 0 radical (unpaired) electrons. The van der Waals surface area contributed by atoms with Crippen LogP contribution in [0.25, 0.3) is 0 Å². The minimum Gasteiger partial charge on any atom is -0.491 e.